The van der Waals surface area contributed by atoms with Gasteiger partial charge >= 0.3 is 0 Å². The largest absolute Gasteiger partial charge is 0.392 e. The lowest BCUT2D eigenvalue weighted by Crippen LogP contribution is -2.36. The summed E-state index contributed by atoms with van der Waals surface area (Å²) in [6.45, 7) is 7.09. The summed E-state index contributed by atoms with van der Waals surface area (Å²) in [6.07, 6.45) is 0. The number of ether oxygens (including phenoxy) is 1. The van der Waals surface area contributed by atoms with Gasteiger partial charge in [0.1, 0.15) is 0 Å². The fraction of sp³-hybridized carbons (Fsp3) is 0.250. The van der Waals surface area contributed by atoms with Gasteiger partial charge in [0.15, 0.2) is 0 Å². The molecule has 1 aliphatic rings. The molecule has 0 atom stereocenters. The highest BCUT2D eigenvalue weighted by Crippen LogP contribution is 2.30. The second-order valence-electron chi connectivity index (χ2n) is 5.75. The maximum Gasteiger partial charge on any atom is 0.0990 e. The minimum absolute atomic E-state index is 0.693. The molecule has 0 saturated carbocycles. The highest BCUT2D eigenvalue weighted by Gasteiger charge is 2.15. The predicted molar refractivity (Wildman–Crippen MR) is 108 cm³/mol. The van der Waals surface area contributed by atoms with E-state index in [1.54, 1.807) is 11.8 Å². The molecule has 4 nitrogen and oxygen atoms in total. The first-order valence-electron chi connectivity index (χ1n) is 8.35. The van der Waals surface area contributed by atoms with Crippen LogP contribution in [0.1, 0.15) is 11.1 Å². The number of hydrogen-bond acceptors (Lipinski definition) is 5. The van der Waals surface area contributed by atoms with Crippen molar-refractivity contribution in [1.29, 1.82) is 0 Å². The van der Waals surface area contributed by atoms with Crippen molar-refractivity contribution in [3.05, 3.63) is 70.8 Å². The summed E-state index contributed by atoms with van der Waals surface area (Å²) >= 11 is 1.60. The average molecular weight is 353 g/mol. The molecular weight excluding hydrogens is 330 g/mol. The summed E-state index contributed by atoms with van der Waals surface area (Å²) < 4.78 is 5.46. The molecule has 25 heavy (non-hydrogen) atoms. The molecular formula is C20H23N3OS. The van der Waals surface area contributed by atoms with Gasteiger partial charge in [0.05, 0.1) is 23.9 Å². The Morgan fingerprint density at radius 2 is 1.76 bits per heavy atom. The molecule has 1 fully saturated rings. The standard InChI is InChI=1S/C20H23N3OS/c1-22-19(16-7-3-2-4-8-16)20(21)25-15-17-9-5-6-10-18(17)23-11-13-24-14-12-23/h2-10H,1,11-15,21H2/b20-19-. The molecule has 0 radical (unpaired) electrons. The Bertz CT molecular complexity index is 740. The molecule has 3 rings (SSSR count). The second-order valence-corrected chi connectivity index (χ2v) is 6.77. The third-order valence-corrected chi connectivity index (χ3v) is 5.12. The molecule has 2 aromatic carbocycles. The van der Waals surface area contributed by atoms with Gasteiger partial charge in [0.2, 0.25) is 0 Å². The molecule has 0 unspecified atom stereocenters. The molecule has 0 spiro atoms. The van der Waals surface area contributed by atoms with Gasteiger partial charge in [-0.1, -0.05) is 48.5 Å². The van der Waals surface area contributed by atoms with Gasteiger partial charge in [0.25, 0.3) is 0 Å². The maximum absolute atomic E-state index is 6.31. The summed E-state index contributed by atoms with van der Waals surface area (Å²) in [7, 11) is 0. The molecule has 0 bridgehead atoms. The van der Waals surface area contributed by atoms with Crippen LogP contribution >= 0.6 is 11.8 Å². The Kier molecular flexibility index (Phi) is 6.14. The first-order chi connectivity index (χ1) is 12.3. The molecule has 2 aromatic rings. The van der Waals surface area contributed by atoms with Crippen LogP contribution < -0.4 is 10.6 Å². The van der Waals surface area contributed by atoms with E-state index in [9.17, 15) is 0 Å². The molecule has 2 N–H and O–H groups in total. The number of anilines is 1. The van der Waals surface area contributed by atoms with E-state index in [4.69, 9.17) is 10.5 Å². The zero-order valence-electron chi connectivity index (χ0n) is 14.2. The molecule has 1 heterocycles. The van der Waals surface area contributed by atoms with E-state index in [0.29, 0.717) is 5.03 Å². The lowest BCUT2D eigenvalue weighted by atomic mass is 10.1. The third kappa shape index (κ3) is 4.44. The van der Waals surface area contributed by atoms with E-state index in [0.717, 1.165) is 43.3 Å². The number of aliphatic imine (C=N–C) groups is 1. The van der Waals surface area contributed by atoms with Gasteiger partial charge in [0, 0.05) is 30.1 Å². The number of hydrogen-bond donors (Lipinski definition) is 1. The Morgan fingerprint density at radius 3 is 2.48 bits per heavy atom. The zero-order valence-corrected chi connectivity index (χ0v) is 15.0. The Hall–Kier alpha value is -2.24. The smallest absolute Gasteiger partial charge is 0.0990 e. The van der Waals surface area contributed by atoms with Crippen LogP contribution in [0, 0.1) is 0 Å². The molecule has 1 aliphatic heterocycles. The van der Waals surface area contributed by atoms with Crippen LogP contribution in [-0.2, 0) is 10.5 Å². The highest BCUT2D eigenvalue weighted by atomic mass is 32.2. The summed E-state index contributed by atoms with van der Waals surface area (Å²) in [5, 5.41) is 0.693. The number of para-hydroxylation sites is 1. The highest BCUT2D eigenvalue weighted by molar-refractivity contribution is 8.02. The van der Waals surface area contributed by atoms with E-state index in [1.807, 2.05) is 30.3 Å². The number of thioether (sulfide) groups is 1. The molecule has 130 valence electrons. The van der Waals surface area contributed by atoms with E-state index in [2.05, 4.69) is 40.9 Å². The van der Waals surface area contributed by atoms with E-state index >= 15 is 0 Å². The van der Waals surface area contributed by atoms with Gasteiger partial charge < -0.3 is 15.4 Å². The average Bonchev–Trinajstić information content (AvgIpc) is 2.69. The Morgan fingerprint density at radius 1 is 1.08 bits per heavy atom. The van der Waals surface area contributed by atoms with Crippen LogP contribution in [-0.4, -0.2) is 33.0 Å². The summed E-state index contributed by atoms with van der Waals surface area (Å²) in [5.74, 6) is 0.797. The minimum Gasteiger partial charge on any atom is -0.392 e. The number of morpholine rings is 1. The van der Waals surface area contributed by atoms with E-state index in [-0.39, 0.29) is 0 Å². The fourth-order valence-electron chi connectivity index (χ4n) is 2.88. The Balaban J connectivity index is 1.77. The lowest BCUT2D eigenvalue weighted by molar-refractivity contribution is 0.122. The Labute approximate surface area is 153 Å². The third-order valence-electron chi connectivity index (χ3n) is 4.17. The predicted octanol–water partition coefficient (Wildman–Crippen LogP) is 3.74. The van der Waals surface area contributed by atoms with Crippen molar-refractivity contribution in [2.45, 2.75) is 5.75 Å². The van der Waals surface area contributed by atoms with Crippen LogP contribution in [0.2, 0.25) is 0 Å². The molecule has 0 aliphatic carbocycles. The van der Waals surface area contributed by atoms with Gasteiger partial charge in [-0.3, -0.25) is 4.99 Å². The van der Waals surface area contributed by atoms with Crippen molar-refractivity contribution in [2.24, 2.45) is 10.7 Å². The maximum atomic E-state index is 6.31. The van der Waals surface area contributed by atoms with Gasteiger partial charge in [-0.05, 0) is 18.3 Å². The fourth-order valence-corrected chi connectivity index (χ4v) is 3.75. The topological polar surface area (TPSA) is 50.8 Å². The zero-order chi connectivity index (χ0) is 17.5. The van der Waals surface area contributed by atoms with Crippen LogP contribution in [0.25, 0.3) is 5.70 Å². The van der Waals surface area contributed by atoms with Gasteiger partial charge in [-0.25, -0.2) is 0 Å². The van der Waals surface area contributed by atoms with Crippen molar-refractivity contribution in [2.75, 3.05) is 31.2 Å². The summed E-state index contributed by atoms with van der Waals surface area (Å²) in [4.78, 5) is 6.52. The summed E-state index contributed by atoms with van der Waals surface area (Å²) in [5.41, 5.74) is 10.6. The second kappa shape index (κ2) is 8.74. The first-order valence-corrected chi connectivity index (χ1v) is 9.33. The lowest BCUT2D eigenvalue weighted by Gasteiger charge is -2.30. The van der Waals surface area contributed by atoms with Crippen molar-refractivity contribution in [3.8, 4) is 0 Å². The van der Waals surface area contributed by atoms with Crippen LogP contribution in [0.3, 0.4) is 0 Å². The number of benzene rings is 2. The van der Waals surface area contributed by atoms with Crippen molar-refractivity contribution >= 4 is 29.9 Å². The normalized spacial score (nSPS) is 15.6. The molecule has 0 amide bonds. The monoisotopic (exact) mass is 353 g/mol. The van der Waals surface area contributed by atoms with Crippen LogP contribution in [0.5, 0.6) is 0 Å². The van der Waals surface area contributed by atoms with Gasteiger partial charge in [-0.2, -0.15) is 0 Å². The SMILES string of the molecule is C=N/C(=C(/N)SCc1ccccc1N1CCOCC1)c1ccccc1. The van der Waals surface area contributed by atoms with Crippen molar-refractivity contribution in [3.63, 3.8) is 0 Å². The summed E-state index contributed by atoms with van der Waals surface area (Å²) in [6, 6.07) is 18.4. The van der Waals surface area contributed by atoms with E-state index < -0.39 is 0 Å². The van der Waals surface area contributed by atoms with Crippen LogP contribution in [0.4, 0.5) is 5.69 Å². The van der Waals surface area contributed by atoms with Crippen LogP contribution in [0.15, 0.2) is 64.6 Å². The van der Waals surface area contributed by atoms with E-state index in [1.165, 1.54) is 11.3 Å². The number of nitrogens with two attached hydrogens (primary N) is 1. The van der Waals surface area contributed by atoms with Gasteiger partial charge in [-0.15, -0.1) is 11.8 Å². The molecule has 5 heteroatoms. The number of nitrogens with zero attached hydrogens (tertiary/aromatic N) is 2. The minimum atomic E-state index is 0.693. The first kappa shape index (κ1) is 17.6. The number of rotatable bonds is 6. The molecule has 1 saturated heterocycles. The van der Waals surface area contributed by atoms with Crippen molar-refractivity contribution < 1.29 is 4.74 Å². The quantitative estimate of drug-likeness (QED) is 0.804. The molecule has 0 aromatic heterocycles. The van der Waals surface area contributed by atoms with Crippen molar-refractivity contribution in [1.82, 2.24) is 0 Å².